The number of likely N-dealkylation sites (tertiary alicyclic amines) is 1. The second kappa shape index (κ2) is 6.53. The summed E-state index contributed by atoms with van der Waals surface area (Å²) >= 11 is 0. The fourth-order valence-electron chi connectivity index (χ4n) is 4.37. The lowest BCUT2D eigenvalue weighted by Crippen LogP contribution is -2.42. The van der Waals surface area contributed by atoms with Gasteiger partial charge in [0.15, 0.2) is 11.6 Å². The zero-order chi connectivity index (χ0) is 19.3. The van der Waals surface area contributed by atoms with Gasteiger partial charge in [-0.05, 0) is 36.0 Å². The SMILES string of the molecule is O=C(CN1C(=O)C2C3C=CC(C3)C2C1=O)NCC(O)c1ccc(F)c(F)c1. The predicted molar refractivity (Wildman–Crippen MR) is 88.8 cm³/mol. The molecular weight excluding hydrogens is 358 g/mol. The summed E-state index contributed by atoms with van der Waals surface area (Å²) in [6.45, 7) is -0.658. The number of hydrogen-bond acceptors (Lipinski definition) is 4. The molecule has 8 heteroatoms. The van der Waals surface area contributed by atoms with Crippen molar-refractivity contribution < 1.29 is 28.3 Å². The van der Waals surface area contributed by atoms with E-state index in [-0.39, 0.29) is 47.6 Å². The molecule has 1 aromatic carbocycles. The number of imide groups is 1. The number of rotatable bonds is 5. The first-order chi connectivity index (χ1) is 12.9. The van der Waals surface area contributed by atoms with Crippen LogP contribution in [0, 0.1) is 35.3 Å². The summed E-state index contributed by atoms with van der Waals surface area (Å²) in [6.07, 6.45) is 3.51. The normalized spacial score (nSPS) is 29.4. The molecule has 5 unspecified atom stereocenters. The van der Waals surface area contributed by atoms with Crippen molar-refractivity contribution in [1.82, 2.24) is 10.2 Å². The minimum absolute atomic E-state index is 0.0692. The van der Waals surface area contributed by atoms with Crippen LogP contribution in [0.15, 0.2) is 30.4 Å². The topological polar surface area (TPSA) is 86.7 Å². The van der Waals surface area contributed by atoms with E-state index in [1.807, 2.05) is 12.2 Å². The number of amides is 3. The highest BCUT2D eigenvalue weighted by Gasteiger charge is 2.59. The quantitative estimate of drug-likeness (QED) is 0.591. The first kappa shape index (κ1) is 17.8. The van der Waals surface area contributed by atoms with E-state index in [1.165, 1.54) is 6.07 Å². The van der Waals surface area contributed by atoms with Crippen LogP contribution in [0.4, 0.5) is 8.78 Å². The maximum atomic E-state index is 13.2. The van der Waals surface area contributed by atoms with Gasteiger partial charge < -0.3 is 10.4 Å². The number of carbonyl (C=O) groups excluding carboxylic acids is 3. The Bertz CT molecular complexity index is 826. The minimum Gasteiger partial charge on any atom is -0.387 e. The second-order valence-corrected chi connectivity index (χ2v) is 7.26. The zero-order valence-electron chi connectivity index (χ0n) is 14.3. The number of benzene rings is 1. The maximum absolute atomic E-state index is 13.2. The second-order valence-electron chi connectivity index (χ2n) is 7.26. The minimum atomic E-state index is -1.24. The van der Waals surface area contributed by atoms with Crippen molar-refractivity contribution in [3.8, 4) is 0 Å². The third-order valence-corrected chi connectivity index (χ3v) is 5.68. The van der Waals surface area contributed by atoms with Gasteiger partial charge in [-0.1, -0.05) is 18.2 Å². The van der Waals surface area contributed by atoms with Crippen molar-refractivity contribution in [3.05, 3.63) is 47.5 Å². The molecule has 27 heavy (non-hydrogen) atoms. The molecule has 0 radical (unpaired) electrons. The van der Waals surface area contributed by atoms with Crippen LogP contribution in [0.1, 0.15) is 18.1 Å². The molecule has 2 aliphatic carbocycles. The lowest BCUT2D eigenvalue weighted by Gasteiger charge is -2.18. The average Bonchev–Trinajstić information content (AvgIpc) is 3.32. The standard InChI is InChI=1S/C19H18F2N2O4/c20-12-4-3-9(6-13(12)21)14(24)7-22-15(25)8-23-18(26)16-10-1-2-11(5-10)17(16)19(23)27/h1-4,6,10-11,14,16-17,24H,5,7-8H2,(H,22,25). The van der Waals surface area contributed by atoms with Gasteiger partial charge in [-0.3, -0.25) is 19.3 Å². The van der Waals surface area contributed by atoms with E-state index in [0.29, 0.717) is 0 Å². The lowest BCUT2D eigenvalue weighted by atomic mass is 9.85. The van der Waals surface area contributed by atoms with Crippen molar-refractivity contribution >= 4 is 17.7 Å². The molecule has 1 saturated carbocycles. The van der Waals surface area contributed by atoms with E-state index in [0.717, 1.165) is 23.5 Å². The smallest absolute Gasteiger partial charge is 0.240 e. The maximum Gasteiger partial charge on any atom is 0.240 e. The molecule has 2 N–H and O–H groups in total. The van der Waals surface area contributed by atoms with Crippen LogP contribution in [0.2, 0.25) is 0 Å². The Morgan fingerprint density at radius 2 is 1.78 bits per heavy atom. The van der Waals surface area contributed by atoms with E-state index >= 15 is 0 Å². The van der Waals surface area contributed by atoms with Crippen LogP contribution in [0.5, 0.6) is 0 Å². The molecule has 1 aromatic rings. The van der Waals surface area contributed by atoms with Crippen LogP contribution in [-0.4, -0.2) is 40.8 Å². The Hall–Kier alpha value is -2.61. The number of halogens is 2. The van der Waals surface area contributed by atoms with Crippen LogP contribution >= 0.6 is 0 Å². The highest BCUT2D eigenvalue weighted by Crippen LogP contribution is 2.52. The largest absolute Gasteiger partial charge is 0.387 e. The van der Waals surface area contributed by atoms with Crippen LogP contribution < -0.4 is 5.32 Å². The van der Waals surface area contributed by atoms with Crippen molar-refractivity contribution in [2.24, 2.45) is 23.7 Å². The summed E-state index contributed by atoms with van der Waals surface area (Å²) in [5.41, 5.74) is 0.111. The zero-order valence-corrected chi connectivity index (χ0v) is 14.3. The molecule has 0 spiro atoms. The van der Waals surface area contributed by atoms with Gasteiger partial charge in [0, 0.05) is 6.54 Å². The fourth-order valence-corrected chi connectivity index (χ4v) is 4.37. The van der Waals surface area contributed by atoms with Crippen LogP contribution in [0.3, 0.4) is 0 Å². The summed E-state index contributed by atoms with van der Waals surface area (Å²) < 4.78 is 26.1. The molecule has 2 fully saturated rings. The van der Waals surface area contributed by atoms with Crippen molar-refractivity contribution in [2.75, 3.05) is 13.1 Å². The van der Waals surface area contributed by atoms with Gasteiger partial charge >= 0.3 is 0 Å². The van der Waals surface area contributed by atoms with E-state index in [4.69, 9.17) is 0 Å². The molecule has 1 aliphatic heterocycles. The van der Waals surface area contributed by atoms with E-state index in [2.05, 4.69) is 5.32 Å². The Morgan fingerprint density at radius 3 is 2.37 bits per heavy atom. The number of aliphatic hydroxyl groups excluding tert-OH is 1. The van der Waals surface area contributed by atoms with Gasteiger partial charge in [-0.25, -0.2) is 8.78 Å². The number of nitrogens with zero attached hydrogens (tertiary/aromatic N) is 1. The summed E-state index contributed by atoms with van der Waals surface area (Å²) in [4.78, 5) is 38.1. The Morgan fingerprint density at radius 1 is 1.15 bits per heavy atom. The molecule has 3 amide bonds. The summed E-state index contributed by atoms with van der Waals surface area (Å²) in [6, 6.07) is 2.95. The molecule has 1 saturated heterocycles. The highest BCUT2D eigenvalue weighted by atomic mass is 19.2. The summed E-state index contributed by atoms with van der Waals surface area (Å²) in [5.74, 6) is -3.97. The molecule has 0 aromatic heterocycles. The monoisotopic (exact) mass is 376 g/mol. The van der Waals surface area contributed by atoms with Gasteiger partial charge in [0.1, 0.15) is 6.54 Å². The van der Waals surface area contributed by atoms with E-state index in [1.54, 1.807) is 0 Å². The Kier molecular flexibility index (Phi) is 4.30. The third-order valence-electron chi connectivity index (χ3n) is 5.68. The predicted octanol–water partition coefficient (Wildman–Crippen LogP) is 0.922. The summed E-state index contributed by atoms with van der Waals surface area (Å²) in [5, 5.41) is 12.4. The van der Waals surface area contributed by atoms with Gasteiger partial charge in [0.05, 0.1) is 17.9 Å². The van der Waals surface area contributed by atoms with E-state index in [9.17, 15) is 28.3 Å². The third kappa shape index (κ3) is 2.93. The highest BCUT2D eigenvalue weighted by molar-refractivity contribution is 6.08. The van der Waals surface area contributed by atoms with E-state index < -0.39 is 30.2 Å². The number of hydrogen-bond donors (Lipinski definition) is 2. The van der Waals surface area contributed by atoms with Crippen LogP contribution in [-0.2, 0) is 14.4 Å². The van der Waals surface area contributed by atoms with Gasteiger partial charge in [-0.2, -0.15) is 0 Å². The average molecular weight is 376 g/mol. The molecule has 6 nitrogen and oxygen atoms in total. The molecule has 3 aliphatic rings. The molecule has 2 bridgehead atoms. The number of allylic oxidation sites excluding steroid dienone is 2. The van der Waals surface area contributed by atoms with Gasteiger partial charge in [-0.15, -0.1) is 0 Å². The Balaban J connectivity index is 1.34. The molecule has 4 rings (SSSR count). The van der Waals surface area contributed by atoms with Crippen LogP contribution in [0.25, 0.3) is 0 Å². The first-order valence-corrected chi connectivity index (χ1v) is 8.80. The number of carbonyl (C=O) groups is 3. The van der Waals surface area contributed by atoms with Crippen molar-refractivity contribution in [2.45, 2.75) is 12.5 Å². The molecule has 142 valence electrons. The number of nitrogens with one attached hydrogen (secondary N) is 1. The number of aliphatic hydroxyl groups is 1. The Labute approximate surface area is 153 Å². The first-order valence-electron chi connectivity index (χ1n) is 8.80. The molecule has 1 heterocycles. The van der Waals surface area contributed by atoms with Crippen molar-refractivity contribution in [3.63, 3.8) is 0 Å². The fraction of sp³-hybridized carbons (Fsp3) is 0.421. The lowest BCUT2D eigenvalue weighted by molar-refractivity contribution is -0.144. The van der Waals surface area contributed by atoms with Crippen molar-refractivity contribution in [1.29, 1.82) is 0 Å². The van der Waals surface area contributed by atoms with Gasteiger partial charge in [0.25, 0.3) is 0 Å². The molecular formula is C19H18F2N2O4. The number of fused-ring (bicyclic) bond motifs is 5. The summed E-state index contributed by atoms with van der Waals surface area (Å²) in [7, 11) is 0. The molecule has 5 atom stereocenters. The van der Waals surface area contributed by atoms with Gasteiger partial charge in [0.2, 0.25) is 17.7 Å².